The Hall–Kier alpha value is -2.20. The van der Waals surface area contributed by atoms with Crippen LogP contribution < -0.4 is 5.32 Å². The van der Waals surface area contributed by atoms with E-state index in [-0.39, 0.29) is 25.5 Å². The third-order valence-corrected chi connectivity index (χ3v) is 3.43. The highest BCUT2D eigenvalue weighted by Crippen LogP contribution is 2.19. The van der Waals surface area contributed by atoms with Crippen LogP contribution in [0.1, 0.15) is 52.2 Å². The van der Waals surface area contributed by atoms with Crippen molar-refractivity contribution in [3.05, 3.63) is 11.6 Å². The molecule has 0 aliphatic carbocycles. The van der Waals surface area contributed by atoms with Crippen LogP contribution in [0.5, 0.6) is 0 Å². The van der Waals surface area contributed by atoms with E-state index in [4.69, 9.17) is 14.6 Å². The zero-order chi connectivity index (χ0) is 19.8. The minimum absolute atomic E-state index is 0.144. The van der Waals surface area contributed by atoms with Crippen molar-refractivity contribution in [2.24, 2.45) is 0 Å². The van der Waals surface area contributed by atoms with Gasteiger partial charge >= 0.3 is 5.97 Å². The van der Waals surface area contributed by atoms with Crippen LogP contribution in [-0.2, 0) is 25.6 Å². The van der Waals surface area contributed by atoms with E-state index < -0.39 is 17.2 Å². The fourth-order valence-corrected chi connectivity index (χ4v) is 1.95. The molecule has 0 atom stereocenters. The zero-order valence-corrected chi connectivity index (χ0v) is 15.9. The first-order valence-corrected chi connectivity index (χ1v) is 8.28. The predicted molar refractivity (Wildman–Crippen MR) is 91.1 cm³/mol. The van der Waals surface area contributed by atoms with Crippen molar-refractivity contribution in [1.29, 1.82) is 0 Å². The Balaban J connectivity index is 2.34. The molecule has 1 aromatic rings. The van der Waals surface area contributed by atoms with Gasteiger partial charge in [0.2, 0.25) is 5.91 Å². The molecule has 0 aromatic carbocycles. The Labute approximate surface area is 152 Å². The summed E-state index contributed by atoms with van der Waals surface area (Å²) in [5, 5.41) is 26.6. The third-order valence-electron chi connectivity index (χ3n) is 3.43. The van der Waals surface area contributed by atoms with E-state index in [9.17, 15) is 9.59 Å². The number of carboxylic acids is 1. The first-order chi connectivity index (χ1) is 12.0. The minimum Gasteiger partial charge on any atom is -0.480 e. The van der Waals surface area contributed by atoms with Gasteiger partial charge in [-0.1, -0.05) is 0 Å². The number of nitrogens with zero attached hydrogens (tertiary/aromatic N) is 4. The molecule has 0 radical (unpaired) electrons. The number of aryl methyl sites for hydroxylation is 1. The molecular formula is C16H27N5O5. The third kappa shape index (κ3) is 9.33. The summed E-state index contributed by atoms with van der Waals surface area (Å²) in [5.41, 5.74) is -1.31. The van der Waals surface area contributed by atoms with Crippen LogP contribution >= 0.6 is 0 Å². The number of aliphatic carboxylic acids is 1. The van der Waals surface area contributed by atoms with Crippen LogP contribution in [0.25, 0.3) is 0 Å². The van der Waals surface area contributed by atoms with E-state index in [1.54, 1.807) is 20.8 Å². The first-order valence-electron chi connectivity index (χ1n) is 8.28. The van der Waals surface area contributed by atoms with Crippen LogP contribution in [0.4, 0.5) is 0 Å². The molecule has 1 aromatic heterocycles. The second-order valence-corrected chi connectivity index (χ2v) is 7.12. The summed E-state index contributed by atoms with van der Waals surface area (Å²) in [6.45, 7) is 9.00. The minimum atomic E-state index is -1.01. The lowest BCUT2D eigenvalue weighted by atomic mass is 10.0. The molecule has 0 saturated carbocycles. The van der Waals surface area contributed by atoms with E-state index in [1.807, 2.05) is 13.8 Å². The molecule has 0 fully saturated rings. The number of amides is 1. The maximum Gasteiger partial charge on any atom is 0.329 e. The average molecular weight is 369 g/mol. The summed E-state index contributed by atoms with van der Waals surface area (Å²) in [4.78, 5) is 22.6. The molecule has 0 spiro atoms. The lowest BCUT2D eigenvalue weighted by Gasteiger charge is -2.29. The topological polar surface area (TPSA) is 136 Å². The quantitative estimate of drug-likeness (QED) is 0.576. The monoisotopic (exact) mass is 369 g/mol. The van der Waals surface area contributed by atoms with Crippen LogP contribution in [0, 0.1) is 6.92 Å². The molecule has 0 saturated heterocycles. The Bertz CT molecular complexity index is 604. The second-order valence-electron chi connectivity index (χ2n) is 7.12. The van der Waals surface area contributed by atoms with Crippen molar-refractivity contribution in [3.63, 3.8) is 0 Å². The summed E-state index contributed by atoms with van der Waals surface area (Å²) in [6.07, 6.45) is 0.649. The number of hydrogen-bond acceptors (Lipinski definition) is 8. The van der Waals surface area contributed by atoms with E-state index in [1.165, 1.54) is 0 Å². The average Bonchev–Trinajstić information content (AvgIpc) is 2.51. The van der Waals surface area contributed by atoms with Gasteiger partial charge in [0, 0.05) is 0 Å². The van der Waals surface area contributed by atoms with Crippen LogP contribution in [-0.4, -0.2) is 61.8 Å². The second kappa shape index (κ2) is 9.48. The fourth-order valence-electron chi connectivity index (χ4n) is 1.95. The van der Waals surface area contributed by atoms with Crippen molar-refractivity contribution in [2.75, 3.05) is 13.2 Å². The number of ether oxygens (including phenoxy) is 2. The molecule has 0 bridgehead atoms. The number of hydrogen-bond donors (Lipinski definition) is 2. The van der Waals surface area contributed by atoms with Crippen molar-refractivity contribution >= 4 is 11.9 Å². The number of carboxylic acid groups (broad SMARTS) is 1. The van der Waals surface area contributed by atoms with Gasteiger partial charge in [0.05, 0.1) is 30.8 Å². The summed E-state index contributed by atoms with van der Waals surface area (Å²) < 4.78 is 11.1. The SMILES string of the molecule is Cc1nnc(CNC(=O)CC(C)(C)OCCC(C)(C)OCC(=O)O)nn1. The molecule has 10 nitrogen and oxygen atoms in total. The molecule has 1 heterocycles. The lowest BCUT2D eigenvalue weighted by molar-refractivity contribution is -0.150. The normalized spacial score (nSPS) is 12.0. The van der Waals surface area contributed by atoms with E-state index in [0.717, 1.165) is 0 Å². The van der Waals surface area contributed by atoms with Crippen LogP contribution in [0.15, 0.2) is 0 Å². The standard InChI is InChI=1S/C16H27N5O5/c1-11-18-20-12(21-19-11)9-17-13(22)8-16(4,5)25-7-6-15(2,3)26-10-14(23)24/h6-10H2,1-5H3,(H,17,22)(H,23,24). The van der Waals surface area contributed by atoms with E-state index in [0.29, 0.717) is 24.7 Å². The van der Waals surface area contributed by atoms with E-state index >= 15 is 0 Å². The molecule has 2 N–H and O–H groups in total. The molecule has 0 aliphatic rings. The first kappa shape index (κ1) is 21.8. The number of carbonyl (C=O) groups excluding carboxylic acids is 1. The molecule has 146 valence electrons. The maximum absolute atomic E-state index is 12.1. The molecule has 10 heteroatoms. The van der Waals surface area contributed by atoms with Crippen LogP contribution in [0.3, 0.4) is 0 Å². The number of carbonyl (C=O) groups is 2. The number of rotatable bonds is 11. The predicted octanol–water partition coefficient (Wildman–Crippen LogP) is 0.646. The smallest absolute Gasteiger partial charge is 0.329 e. The molecule has 0 unspecified atom stereocenters. The molecule has 1 rings (SSSR count). The van der Waals surface area contributed by atoms with Crippen molar-refractivity contribution < 1.29 is 24.2 Å². The van der Waals surface area contributed by atoms with Crippen molar-refractivity contribution in [2.45, 2.75) is 65.2 Å². The van der Waals surface area contributed by atoms with E-state index in [2.05, 4.69) is 25.7 Å². The largest absolute Gasteiger partial charge is 0.480 e. The van der Waals surface area contributed by atoms with Gasteiger partial charge in [0.1, 0.15) is 6.61 Å². The highest BCUT2D eigenvalue weighted by molar-refractivity contribution is 5.76. The van der Waals surface area contributed by atoms with Gasteiger partial charge in [-0.05, 0) is 41.0 Å². The molecule has 26 heavy (non-hydrogen) atoms. The summed E-state index contributed by atoms with van der Waals surface area (Å²) in [5.74, 6) is -0.426. The maximum atomic E-state index is 12.1. The van der Waals surface area contributed by atoms with Gasteiger partial charge in [0.25, 0.3) is 0 Å². The van der Waals surface area contributed by atoms with Crippen molar-refractivity contribution in [1.82, 2.24) is 25.7 Å². The van der Waals surface area contributed by atoms with Gasteiger partial charge in [-0.25, -0.2) is 4.79 Å². The van der Waals surface area contributed by atoms with Gasteiger partial charge in [-0.15, -0.1) is 20.4 Å². The Morgan fingerprint density at radius 2 is 1.65 bits per heavy atom. The van der Waals surface area contributed by atoms with Crippen LogP contribution in [0.2, 0.25) is 0 Å². The molecule has 0 aliphatic heterocycles. The zero-order valence-electron chi connectivity index (χ0n) is 15.9. The van der Waals surface area contributed by atoms with Gasteiger partial charge in [-0.3, -0.25) is 4.79 Å². The number of aromatic nitrogens is 4. The molecular weight excluding hydrogens is 342 g/mol. The molecule has 1 amide bonds. The lowest BCUT2D eigenvalue weighted by Crippen LogP contribution is -2.36. The van der Waals surface area contributed by atoms with Gasteiger partial charge in [-0.2, -0.15) is 0 Å². The fraction of sp³-hybridized carbons (Fsp3) is 0.750. The summed E-state index contributed by atoms with van der Waals surface area (Å²) in [7, 11) is 0. The Kier molecular flexibility index (Phi) is 7.97. The summed E-state index contributed by atoms with van der Waals surface area (Å²) in [6, 6.07) is 0. The highest BCUT2D eigenvalue weighted by atomic mass is 16.5. The number of nitrogens with one attached hydrogen (secondary N) is 1. The van der Waals surface area contributed by atoms with Gasteiger partial charge in [0.15, 0.2) is 11.6 Å². The van der Waals surface area contributed by atoms with Crippen molar-refractivity contribution in [3.8, 4) is 0 Å². The Morgan fingerprint density at radius 3 is 2.23 bits per heavy atom. The van der Waals surface area contributed by atoms with Gasteiger partial charge < -0.3 is 19.9 Å². The highest BCUT2D eigenvalue weighted by Gasteiger charge is 2.25. The Morgan fingerprint density at radius 1 is 1.04 bits per heavy atom. The summed E-state index contributed by atoms with van der Waals surface area (Å²) >= 11 is 0.